The molecule has 0 atom stereocenters. The van der Waals surface area contributed by atoms with E-state index in [9.17, 15) is 0 Å². The second kappa shape index (κ2) is 10.1. The molecule has 0 saturated carbocycles. The lowest BCUT2D eigenvalue weighted by molar-refractivity contribution is 0.632. The van der Waals surface area contributed by atoms with E-state index in [2.05, 4.69) is 46.4 Å². The average molecular weight is 372 g/mol. The third-order valence-corrected chi connectivity index (χ3v) is 5.53. The van der Waals surface area contributed by atoms with Crippen molar-refractivity contribution in [1.82, 2.24) is 4.98 Å². The average Bonchev–Trinajstić information content (AvgIpc) is 3.02. The van der Waals surface area contributed by atoms with E-state index < -0.39 is 0 Å². The molecule has 4 N–H and O–H groups in total. The Hall–Kier alpha value is -2.21. The molecule has 0 aliphatic heterocycles. The van der Waals surface area contributed by atoms with E-state index in [0.29, 0.717) is 0 Å². The Labute approximate surface area is 160 Å². The van der Waals surface area contributed by atoms with Gasteiger partial charge in [-0.05, 0) is 32.3 Å². The minimum Gasteiger partial charge on any atom is -0.369 e. The number of guanidine groups is 1. The first-order chi connectivity index (χ1) is 12.5. The third-order valence-electron chi connectivity index (χ3n) is 4.21. The van der Waals surface area contributed by atoms with Gasteiger partial charge < -0.3 is 11.5 Å². The van der Waals surface area contributed by atoms with Crippen molar-refractivity contribution in [3.63, 3.8) is 0 Å². The van der Waals surface area contributed by atoms with Crippen molar-refractivity contribution in [2.45, 2.75) is 59.3 Å². The monoisotopic (exact) mass is 371 g/mol. The zero-order chi connectivity index (χ0) is 18.9. The fraction of sp³-hybridized carbons (Fsp3) is 0.450. The molecule has 140 valence electrons. The maximum atomic E-state index is 5.33. The van der Waals surface area contributed by atoms with Crippen LogP contribution in [-0.4, -0.2) is 16.7 Å². The normalized spacial score (nSPS) is 11.6. The van der Waals surface area contributed by atoms with Crippen LogP contribution in [0.25, 0.3) is 10.6 Å². The van der Waals surface area contributed by atoms with E-state index in [1.807, 2.05) is 13.8 Å². The molecule has 0 fully saturated rings. The Kier molecular flexibility index (Phi) is 7.78. The number of aryl methyl sites for hydroxylation is 2. The molecule has 0 radical (unpaired) electrons. The van der Waals surface area contributed by atoms with Crippen LogP contribution in [0.1, 0.15) is 62.1 Å². The van der Waals surface area contributed by atoms with Gasteiger partial charge in [0.1, 0.15) is 5.01 Å². The van der Waals surface area contributed by atoms with Crippen LogP contribution in [0.5, 0.6) is 0 Å². The first-order valence-corrected chi connectivity index (χ1v) is 10.0. The van der Waals surface area contributed by atoms with Gasteiger partial charge in [-0.3, -0.25) is 0 Å². The SMILES string of the molecule is CCCCCCCc1ccc(-c2nc(C)c(/C(C)=N\N=C(N)N)s2)cc1. The van der Waals surface area contributed by atoms with Crippen LogP contribution in [0.4, 0.5) is 0 Å². The van der Waals surface area contributed by atoms with Crippen LogP contribution in [0.15, 0.2) is 34.5 Å². The Morgan fingerprint density at radius 3 is 2.38 bits per heavy atom. The summed E-state index contributed by atoms with van der Waals surface area (Å²) in [7, 11) is 0. The highest BCUT2D eigenvalue weighted by Crippen LogP contribution is 2.29. The number of hydrogen-bond acceptors (Lipinski definition) is 4. The summed E-state index contributed by atoms with van der Waals surface area (Å²) >= 11 is 1.61. The largest absolute Gasteiger partial charge is 0.369 e. The Bertz CT molecular complexity index is 755. The summed E-state index contributed by atoms with van der Waals surface area (Å²) in [5.41, 5.74) is 14.9. The Balaban J connectivity index is 2.04. The maximum Gasteiger partial charge on any atom is 0.211 e. The first-order valence-electron chi connectivity index (χ1n) is 9.21. The molecule has 6 heteroatoms. The predicted octanol–water partition coefficient (Wildman–Crippen LogP) is 4.63. The van der Waals surface area contributed by atoms with Gasteiger partial charge in [0.25, 0.3) is 0 Å². The molecule has 0 spiro atoms. The van der Waals surface area contributed by atoms with Crippen molar-refractivity contribution < 1.29 is 0 Å². The van der Waals surface area contributed by atoms with Crippen LogP contribution in [-0.2, 0) is 6.42 Å². The van der Waals surface area contributed by atoms with Crippen LogP contribution in [0, 0.1) is 6.92 Å². The van der Waals surface area contributed by atoms with Crippen LogP contribution in [0.3, 0.4) is 0 Å². The van der Waals surface area contributed by atoms with E-state index in [4.69, 9.17) is 11.5 Å². The van der Waals surface area contributed by atoms with Gasteiger partial charge in [-0.15, -0.1) is 16.4 Å². The third kappa shape index (κ3) is 5.95. The molecular formula is C20H29N5S. The zero-order valence-corrected chi connectivity index (χ0v) is 16.8. The van der Waals surface area contributed by atoms with E-state index in [0.717, 1.165) is 33.3 Å². The van der Waals surface area contributed by atoms with Gasteiger partial charge in [0.2, 0.25) is 5.96 Å². The van der Waals surface area contributed by atoms with Gasteiger partial charge in [-0.25, -0.2) is 4.98 Å². The fourth-order valence-corrected chi connectivity index (χ4v) is 3.79. The van der Waals surface area contributed by atoms with Crippen molar-refractivity contribution in [3.8, 4) is 10.6 Å². The van der Waals surface area contributed by atoms with E-state index in [-0.39, 0.29) is 5.96 Å². The summed E-state index contributed by atoms with van der Waals surface area (Å²) in [6, 6.07) is 8.75. The van der Waals surface area contributed by atoms with Crippen molar-refractivity contribution >= 4 is 23.0 Å². The fourth-order valence-electron chi connectivity index (χ4n) is 2.78. The molecule has 0 unspecified atom stereocenters. The standard InChI is InChI=1S/C20H29N5S/c1-4-5-6-7-8-9-16-10-12-17(13-11-16)19-23-14(2)18(26-19)15(3)24-25-20(21)22/h10-13H,4-9H2,1-3H3,(H4,21,22,25)/b24-15-. The molecule has 2 aromatic rings. The van der Waals surface area contributed by atoms with Crippen LogP contribution in [0.2, 0.25) is 0 Å². The molecule has 1 aromatic heterocycles. The number of nitrogens with two attached hydrogens (primary N) is 2. The van der Waals surface area contributed by atoms with Crippen molar-refractivity contribution in [1.29, 1.82) is 0 Å². The predicted molar refractivity (Wildman–Crippen MR) is 113 cm³/mol. The van der Waals surface area contributed by atoms with Crippen LogP contribution >= 0.6 is 11.3 Å². The lowest BCUT2D eigenvalue weighted by atomic mass is 10.0. The smallest absolute Gasteiger partial charge is 0.211 e. The lowest BCUT2D eigenvalue weighted by Gasteiger charge is -2.03. The molecular weight excluding hydrogens is 342 g/mol. The van der Waals surface area contributed by atoms with E-state index >= 15 is 0 Å². The summed E-state index contributed by atoms with van der Waals surface area (Å²) in [5, 5.41) is 8.77. The molecule has 5 nitrogen and oxygen atoms in total. The van der Waals surface area contributed by atoms with Crippen molar-refractivity contribution in [2.75, 3.05) is 0 Å². The molecule has 2 rings (SSSR count). The number of hydrogen-bond donors (Lipinski definition) is 2. The summed E-state index contributed by atoms with van der Waals surface area (Å²) in [6.45, 7) is 6.12. The minimum atomic E-state index is -0.0444. The van der Waals surface area contributed by atoms with Crippen molar-refractivity contribution in [3.05, 3.63) is 40.4 Å². The summed E-state index contributed by atoms with van der Waals surface area (Å²) in [6.07, 6.45) is 7.71. The Morgan fingerprint density at radius 2 is 1.73 bits per heavy atom. The van der Waals surface area contributed by atoms with Gasteiger partial charge in [-0.2, -0.15) is 5.10 Å². The molecule has 0 amide bonds. The number of nitrogens with zero attached hydrogens (tertiary/aromatic N) is 3. The van der Waals surface area contributed by atoms with Gasteiger partial charge >= 0.3 is 0 Å². The highest BCUT2D eigenvalue weighted by atomic mass is 32.1. The molecule has 0 aliphatic rings. The molecule has 1 aromatic carbocycles. The highest BCUT2D eigenvalue weighted by molar-refractivity contribution is 7.17. The second-order valence-electron chi connectivity index (χ2n) is 6.50. The minimum absolute atomic E-state index is 0.0444. The number of aromatic nitrogens is 1. The number of unbranched alkanes of at least 4 members (excludes halogenated alkanes) is 4. The topological polar surface area (TPSA) is 89.6 Å². The highest BCUT2D eigenvalue weighted by Gasteiger charge is 2.12. The molecule has 26 heavy (non-hydrogen) atoms. The van der Waals surface area contributed by atoms with Crippen molar-refractivity contribution in [2.24, 2.45) is 21.7 Å². The lowest BCUT2D eigenvalue weighted by Crippen LogP contribution is -2.22. The molecule has 0 bridgehead atoms. The van der Waals surface area contributed by atoms with Crippen LogP contribution < -0.4 is 11.5 Å². The second-order valence-corrected chi connectivity index (χ2v) is 7.50. The quantitative estimate of drug-likeness (QED) is 0.291. The summed E-state index contributed by atoms with van der Waals surface area (Å²) < 4.78 is 0. The van der Waals surface area contributed by atoms with Gasteiger partial charge in [0, 0.05) is 5.56 Å². The number of thiazole rings is 1. The number of benzene rings is 1. The maximum absolute atomic E-state index is 5.33. The van der Waals surface area contributed by atoms with Gasteiger partial charge in [-0.1, -0.05) is 56.9 Å². The van der Waals surface area contributed by atoms with E-state index in [1.54, 1.807) is 11.3 Å². The summed E-state index contributed by atoms with van der Waals surface area (Å²) in [4.78, 5) is 5.69. The summed E-state index contributed by atoms with van der Waals surface area (Å²) in [5.74, 6) is -0.0444. The zero-order valence-electron chi connectivity index (χ0n) is 16.0. The van der Waals surface area contributed by atoms with Gasteiger partial charge in [0.05, 0.1) is 16.3 Å². The number of rotatable bonds is 9. The molecule has 0 saturated heterocycles. The van der Waals surface area contributed by atoms with E-state index in [1.165, 1.54) is 37.7 Å². The molecule has 0 aliphatic carbocycles. The van der Waals surface area contributed by atoms with Gasteiger partial charge in [0.15, 0.2) is 0 Å². The Morgan fingerprint density at radius 1 is 1.04 bits per heavy atom. The first kappa shape index (κ1) is 20.1. The molecule has 1 heterocycles.